The van der Waals surface area contributed by atoms with Crippen LogP contribution in [0.2, 0.25) is 0 Å². The van der Waals surface area contributed by atoms with E-state index in [0.29, 0.717) is 16.7 Å². The summed E-state index contributed by atoms with van der Waals surface area (Å²) in [7, 11) is -3.42. The second kappa shape index (κ2) is 5.65. The highest BCUT2D eigenvalue weighted by Gasteiger charge is 2.13. The van der Waals surface area contributed by atoms with E-state index in [1.54, 1.807) is 6.07 Å². The summed E-state index contributed by atoms with van der Waals surface area (Å²) in [4.78, 5) is 0.198. The first-order valence-electron chi connectivity index (χ1n) is 5.02. The lowest BCUT2D eigenvalue weighted by Gasteiger charge is -2.07. The quantitative estimate of drug-likeness (QED) is 0.646. The number of nitrogens with two attached hydrogens (primary N) is 1. The maximum atomic E-state index is 11.8. The predicted octanol–water partition coefficient (Wildman–Crippen LogP) is 2.11. The van der Waals surface area contributed by atoms with Gasteiger partial charge >= 0.3 is 0 Å². The van der Waals surface area contributed by atoms with Gasteiger partial charge in [0.1, 0.15) is 0 Å². The SMILES string of the molecule is CCCCNS(=O)(=O)c1ccc(Br)c(N)c1. The Morgan fingerprint density at radius 1 is 1.44 bits per heavy atom. The molecule has 0 radical (unpaired) electrons. The zero-order valence-corrected chi connectivity index (χ0v) is 11.4. The van der Waals surface area contributed by atoms with Gasteiger partial charge in [-0.05, 0) is 40.5 Å². The standard InChI is InChI=1S/C10H15BrN2O2S/c1-2-3-6-13-16(14,15)8-4-5-9(11)10(12)7-8/h4-5,7,13H,2-3,6,12H2,1H3. The first-order chi connectivity index (χ1) is 7.47. The Morgan fingerprint density at radius 3 is 2.69 bits per heavy atom. The van der Waals surface area contributed by atoms with Crippen LogP contribution in [0, 0.1) is 0 Å². The summed E-state index contributed by atoms with van der Waals surface area (Å²) in [5.41, 5.74) is 6.05. The van der Waals surface area contributed by atoms with E-state index in [9.17, 15) is 8.42 Å². The van der Waals surface area contributed by atoms with Gasteiger partial charge in [0.25, 0.3) is 0 Å². The summed E-state index contributed by atoms with van der Waals surface area (Å²) in [6, 6.07) is 4.59. The molecule has 4 nitrogen and oxygen atoms in total. The van der Waals surface area contributed by atoms with Crippen molar-refractivity contribution in [3.8, 4) is 0 Å². The number of benzene rings is 1. The van der Waals surface area contributed by atoms with Crippen LogP contribution in [0.3, 0.4) is 0 Å². The molecule has 0 atom stereocenters. The van der Waals surface area contributed by atoms with Crippen molar-refractivity contribution in [2.24, 2.45) is 0 Å². The molecule has 0 heterocycles. The second-order valence-electron chi connectivity index (χ2n) is 3.43. The van der Waals surface area contributed by atoms with Crippen molar-refractivity contribution >= 4 is 31.6 Å². The summed E-state index contributed by atoms with van der Waals surface area (Å²) < 4.78 is 26.8. The number of halogens is 1. The van der Waals surface area contributed by atoms with Gasteiger partial charge in [0.15, 0.2) is 0 Å². The second-order valence-corrected chi connectivity index (χ2v) is 6.06. The zero-order chi connectivity index (χ0) is 12.2. The van der Waals surface area contributed by atoms with Crippen molar-refractivity contribution in [1.82, 2.24) is 4.72 Å². The van der Waals surface area contributed by atoms with Crippen LogP contribution < -0.4 is 10.5 Å². The van der Waals surface area contributed by atoms with Crippen LogP contribution in [0.5, 0.6) is 0 Å². The van der Waals surface area contributed by atoms with Crippen molar-refractivity contribution in [2.75, 3.05) is 12.3 Å². The van der Waals surface area contributed by atoms with Crippen molar-refractivity contribution < 1.29 is 8.42 Å². The van der Waals surface area contributed by atoms with Crippen molar-refractivity contribution in [3.63, 3.8) is 0 Å². The van der Waals surface area contributed by atoms with Crippen molar-refractivity contribution in [2.45, 2.75) is 24.7 Å². The van der Waals surface area contributed by atoms with Crippen LogP contribution in [0.4, 0.5) is 5.69 Å². The third-order valence-electron chi connectivity index (χ3n) is 2.10. The Bertz CT molecular complexity index is 460. The van der Waals surface area contributed by atoms with E-state index in [4.69, 9.17) is 5.73 Å². The molecular formula is C10H15BrN2O2S. The molecule has 0 fully saturated rings. The van der Waals surface area contributed by atoms with Crippen molar-refractivity contribution in [1.29, 1.82) is 0 Å². The van der Waals surface area contributed by atoms with Crippen LogP contribution in [0.25, 0.3) is 0 Å². The minimum absolute atomic E-state index is 0.198. The molecule has 3 N–H and O–H groups in total. The molecular weight excluding hydrogens is 292 g/mol. The highest BCUT2D eigenvalue weighted by atomic mass is 79.9. The van der Waals surface area contributed by atoms with Crippen LogP contribution in [0.1, 0.15) is 19.8 Å². The normalized spacial score (nSPS) is 11.6. The third kappa shape index (κ3) is 3.47. The number of anilines is 1. The average Bonchev–Trinajstić information content (AvgIpc) is 2.22. The summed E-state index contributed by atoms with van der Waals surface area (Å²) in [6.45, 7) is 2.46. The van der Waals surface area contributed by atoms with Crippen LogP contribution in [0.15, 0.2) is 27.6 Å². The third-order valence-corrected chi connectivity index (χ3v) is 4.28. The molecule has 0 amide bonds. The Balaban J connectivity index is 2.86. The van der Waals surface area contributed by atoms with Gasteiger partial charge in [-0.15, -0.1) is 0 Å². The maximum Gasteiger partial charge on any atom is 0.240 e. The fourth-order valence-electron chi connectivity index (χ4n) is 1.16. The van der Waals surface area contributed by atoms with Crippen LogP contribution in [-0.4, -0.2) is 15.0 Å². The first kappa shape index (κ1) is 13.5. The Kier molecular flexibility index (Phi) is 4.76. The monoisotopic (exact) mass is 306 g/mol. The lowest BCUT2D eigenvalue weighted by atomic mass is 10.3. The van der Waals surface area contributed by atoms with Gasteiger partial charge in [-0.1, -0.05) is 13.3 Å². The molecule has 0 aromatic heterocycles. The van der Waals surface area contributed by atoms with Gasteiger partial charge in [-0.3, -0.25) is 0 Å². The number of nitrogens with one attached hydrogen (secondary N) is 1. The van der Waals surface area contributed by atoms with Crippen LogP contribution in [-0.2, 0) is 10.0 Å². The van der Waals surface area contributed by atoms with Gasteiger partial charge in [0.2, 0.25) is 10.0 Å². The van der Waals surface area contributed by atoms with E-state index in [1.807, 2.05) is 6.92 Å². The highest BCUT2D eigenvalue weighted by molar-refractivity contribution is 9.10. The fraction of sp³-hybridized carbons (Fsp3) is 0.400. The lowest BCUT2D eigenvalue weighted by Crippen LogP contribution is -2.24. The van der Waals surface area contributed by atoms with E-state index in [-0.39, 0.29) is 4.90 Å². The number of hydrogen-bond acceptors (Lipinski definition) is 3. The van der Waals surface area contributed by atoms with Gasteiger partial charge < -0.3 is 5.73 Å². The number of hydrogen-bond donors (Lipinski definition) is 2. The van der Waals surface area contributed by atoms with Gasteiger partial charge in [-0.2, -0.15) is 0 Å². The number of rotatable bonds is 5. The fourth-order valence-corrected chi connectivity index (χ4v) is 2.51. The van der Waals surface area contributed by atoms with Gasteiger partial charge in [0.05, 0.1) is 4.90 Å². The molecule has 6 heteroatoms. The van der Waals surface area contributed by atoms with Crippen molar-refractivity contribution in [3.05, 3.63) is 22.7 Å². The molecule has 0 spiro atoms. The topological polar surface area (TPSA) is 72.2 Å². The molecule has 0 bridgehead atoms. The molecule has 0 saturated heterocycles. The predicted molar refractivity (Wildman–Crippen MR) is 68.7 cm³/mol. The summed E-state index contributed by atoms with van der Waals surface area (Å²) >= 11 is 3.22. The molecule has 1 aromatic carbocycles. The molecule has 0 aliphatic heterocycles. The molecule has 1 aromatic rings. The summed E-state index contributed by atoms with van der Waals surface area (Å²) in [6.07, 6.45) is 1.77. The number of sulfonamides is 1. The Hall–Kier alpha value is -0.590. The zero-order valence-electron chi connectivity index (χ0n) is 9.03. The molecule has 0 saturated carbocycles. The highest BCUT2D eigenvalue weighted by Crippen LogP contribution is 2.22. The van der Waals surface area contributed by atoms with E-state index >= 15 is 0 Å². The van der Waals surface area contributed by atoms with Gasteiger partial charge in [-0.25, -0.2) is 13.1 Å². The molecule has 90 valence electrons. The van der Waals surface area contributed by atoms with Gasteiger partial charge in [0, 0.05) is 16.7 Å². The molecule has 16 heavy (non-hydrogen) atoms. The van der Waals surface area contributed by atoms with E-state index < -0.39 is 10.0 Å². The maximum absolute atomic E-state index is 11.8. The molecule has 1 rings (SSSR count). The average molecular weight is 307 g/mol. The smallest absolute Gasteiger partial charge is 0.240 e. The van der Waals surface area contributed by atoms with E-state index in [2.05, 4.69) is 20.7 Å². The molecule has 0 unspecified atom stereocenters. The Morgan fingerprint density at radius 2 is 2.12 bits per heavy atom. The lowest BCUT2D eigenvalue weighted by molar-refractivity contribution is 0.578. The largest absolute Gasteiger partial charge is 0.398 e. The minimum Gasteiger partial charge on any atom is -0.398 e. The summed E-state index contributed by atoms with van der Waals surface area (Å²) in [5, 5.41) is 0. The van der Waals surface area contributed by atoms with Crippen LogP contribution >= 0.6 is 15.9 Å². The molecule has 0 aliphatic carbocycles. The summed E-state index contributed by atoms with van der Waals surface area (Å²) in [5.74, 6) is 0. The first-order valence-corrected chi connectivity index (χ1v) is 7.29. The molecule has 0 aliphatic rings. The minimum atomic E-state index is -3.42. The number of nitrogen functional groups attached to an aromatic ring is 1. The van der Waals surface area contributed by atoms with E-state index in [1.165, 1.54) is 12.1 Å². The van der Waals surface area contributed by atoms with E-state index in [0.717, 1.165) is 12.8 Å². The Labute approximate surface area is 104 Å². The number of unbranched alkanes of at least 4 members (excludes halogenated alkanes) is 1.